The molecule has 2 aromatic rings. The zero-order valence-electron chi connectivity index (χ0n) is 15.4. The number of amides is 2. The van der Waals surface area contributed by atoms with Gasteiger partial charge in [-0.25, -0.2) is 9.97 Å². The second-order valence-electron chi connectivity index (χ2n) is 6.72. The molecule has 2 amide bonds. The van der Waals surface area contributed by atoms with Crippen molar-refractivity contribution in [2.45, 2.75) is 19.3 Å². The molecule has 0 aromatic carbocycles. The highest BCUT2D eigenvalue weighted by atomic mass is 32.1. The van der Waals surface area contributed by atoms with Crippen molar-refractivity contribution in [2.24, 2.45) is 0 Å². The number of nitrogens with one attached hydrogen (secondary N) is 2. The van der Waals surface area contributed by atoms with Crippen LogP contribution in [0.5, 0.6) is 0 Å². The first-order valence-corrected chi connectivity index (χ1v) is 10.1. The van der Waals surface area contributed by atoms with E-state index >= 15 is 0 Å². The van der Waals surface area contributed by atoms with E-state index in [2.05, 4.69) is 26.7 Å². The largest absolute Gasteiger partial charge is 0.382 e. The quantitative estimate of drug-likeness (QED) is 0.614. The summed E-state index contributed by atoms with van der Waals surface area (Å²) in [5.41, 5.74) is 2.92. The maximum absolute atomic E-state index is 12.5. The number of aromatic nitrogens is 2. The number of pyridine rings is 1. The Morgan fingerprint density at radius 2 is 2.25 bits per heavy atom. The predicted octanol–water partition coefficient (Wildman–Crippen LogP) is 2.71. The zero-order chi connectivity index (χ0) is 19.3. The second-order valence-corrected chi connectivity index (χ2v) is 7.70. The van der Waals surface area contributed by atoms with Crippen LogP contribution < -0.4 is 10.6 Å². The molecule has 28 heavy (non-hydrogen) atoms. The summed E-state index contributed by atoms with van der Waals surface area (Å²) in [5.74, 6) is 0.463. The number of carbonyl (C=O) groups is 2. The molecule has 0 bridgehead atoms. The van der Waals surface area contributed by atoms with Crippen LogP contribution in [-0.2, 0) is 16.0 Å². The summed E-state index contributed by atoms with van der Waals surface area (Å²) in [6.07, 6.45) is 11.1. The Balaban J connectivity index is 1.36. The first-order valence-electron chi connectivity index (χ1n) is 9.24. The summed E-state index contributed by atoms with van der Waals surface area (Å²) >= 11 is 1.66. The fourth-order valence-electron chi connectivity index (χ4n) is 3.19. The maximum atomic E-state index is 12.5. The number of thiazole rings is 1. The molecule has 0 unspecified atom stereocenters. The van der Waals surface area contributed by atoms with E-state index in [-0.39, 0.29) is 11.8 Å². The van der Waals surface area contributed by atoms with Crippen molar-refractivity contribution in [2.75, 3.05) is 30.3 Å². The minimum absolute atomic E-state index is 0.0132. The van der Waals surface area contributed by atoms with Crippen LogP contribution in [0.2, 0.25) is 0 Å². The minimum atomic E-state index is -0.0513. The molecule has 8 heteroatoms. The predicted molar refractivity (Wildman–Crippen MR) is 110 cm³/mol. The van der Waals surface area contributed by atoms with Crippen LogP contribution in [0.25, 0.3) is 6.08 Å². The summed E-state index contributed by atoms with van der Waals surface area (Å²) < 4.78 is 0. The molecule has 2 aliphatic heterocycles. The topological polar surface area (TPSA) is 87.2 Å². The van der Waals surface area contributed by atoms with Gasteiger partial charge in [-0.1, -0.05) is 11.6 Å². The van der Waals surface area contributed by atoms with Crippen molar-refractivity contribution >= 4 is 40.7 Å². The van der Waals surface area contributed by atoms with Gasteiger partial charge in [-0.15, -0.1) is 11.3 Å². The lowest BCUT2D eigenvalue weighted by molar-refractivity contribution is -0.125. The lowest BCUT2D eigenvalue weighted by atomic mass is 10.1. The molecule has 2 aromatic heterocycles. The highest BCUT2D eigenvalue weighted by molar-refractivity contribution is 7.09. The third kappa shape index (κ3) is 4.45. The van der Waals surface area contributed by atoms with E-state index in [9.17, 15) is 9.59 Å². The molecule has 0 atom stereocenters. The molecule has 7 nitrogen and oxygen atoms in total. The zero-order valence-corrected chi connectivity index (χ0v) is 16.2. The smallest absolute Gasteiger partial charge is 0.246 e. The van der Waals surface area contributed by atoms with E-state index in [0.29, 0.717) is 25.3 Å². The van der Waals surface area contributed by atoms with Crippen LogP contribution >= 0.6 is 11.3 Å². The summed E-state index contributed by atoms with van der Waals surface area (Å²) in [4.78, 5) is 34.5. The van der Waals surface area contributed by atoms with Crippen LogP contribution in [0.1, 0.15) is 23.4 Å². The van der Waals surface area contributed by atoms with Gasteiger partial charge in [-0.2, -0.15) is 0 Å². The molecule has 0 saturated carbocycles. The summed E-state index contributed by atoms with van der Waals surface area (Å²) in [7, 11) is 0. The van der Waals surface area contributed by atoms with Gasteiger partial charge in [-0.05, 0) is 24.1 Å². The third-order valence-corrected chi connectivity index (χ3v) is 5.51. The van der Waals surface area contributed by atoms with Gasteiger partial charge in [0.2, 0.25) is 11.8 Å². The Kier molecular flexibility index (Phi) is 5.48. The van der Waals surface area contributed by atoms with Gasteiger partial charge in [-0.3, -0.25) is 9.59 Å². The molecule has 2 aliphatic rings. The molecule has 0 radical (unpaired) electrons. The molecule has 2 N–H and O–H groups in total. The summed E-state index contributed by atoms with van der Waals surface area (Å²) in [5, 5.41) is 9.05. The number of rotatable bonds is 4. The lowest BCUT2D eigenvalue weighted by Gasteiger charge is -2.25. The van der Waals surface area contributed by atoms with E-state index in [4.69, 9.17) is 0 Å². The number of hydrogen-bond acceptors (Lipinski definition) is 6. The van der Waals surface area contributed by atoms with Crippen molar-refractivity contribution < 1.29 is 9.59 Å². The third-order valence-electron chi connectivity index (χ3n) is 4.73. The number of carbonyl (C=O) groups excluding carboxylic acids is 2. The molecule has 0 spiro atoms. The van der Waals surface area contributed by atoms with Crippen LogP contribution in [0, 0.1) is 0 Å². The second kappa shape index (κ2) is 8.35. The Morgan fingerprint density at radius 3 is 3.04 bits per heavy atom. The van der Waals surface area contributed by atoms with Crippen LogP contribution in [-0.4, -0.2) is 46.3 Å². The van der Waals surface area contributed by atoms with Crippen molar-refractivity contribution in [3.63, 3.8) is 0 Å². The Hall–Kier alpha value is -3.00. The highest BCUT2D eigenvalue weighted by Gasteiger charge is 2.16. The van der Waals surface area contributed by atoms with Gasteiger partial charge in [0.05, 0.1) is 10.7 Å². The minimum Gasteiger partial charge on any atom is -0.382 e. The van der Waals surface area contributed by atoms with Crippen molar-refractivity contribution in [1.29, 1.82) is 0 Å². The molecule has 4 heterocycles. The monoisotopic (exact) mass is 395 g/mol. The van der Waals surface area contributed by atoms with E-state index < -0.39 is 0 Å². The standard InChI is InChI=1S/C20H21N5O2S/c26-17-3-6-21-16-11-15(13-23-20(16)24-17)1-2-19(27)25-8-4-14(5-9-25)12-18-22-7-10-28-18/h1-2,4,7,10-11,13,21H,3,5-6,8-9,12H2,(H,23,24,26)/b2-1+. The first kappa shape index (κ1) is 18.4. The molecule has 0 fully saturated rings. The molecular weight excluding hydrogens is 374 g/mol. The van der Waals surface area contributed by atoms with Crippen LogP contribution in [0.4, 0.5) is 11.5 Å². The normalized spacial score (nSPS) is 16.8. The fraction of sp³-hybridized carbons (Fsp3) is 0.300. The summed E-state index contributed by atoms with van der Waals surface area (Å²) in [6, 6.07) is 1.89. The highest BCUT2D eigenvalue weighted by Crippen LogP contribution is 2.23. The van der Waals surface area contributed by atoms with Gasteiger partial charge < -0.3 is 15.5 Å². The number of hydrogen-bond donors (Lipinski definition) is 2. The van der Waals surface area contributed by atoms with Gasteiger partial charge in [0.1, 0.15) is 0 Å². The average molecular weight is 395 g/mol. The Labute approximate surface area is 167 Å². The van der Waals surface area contributed by atoms with E-state index in [0.717, 1.165) is 35.6 Å². The van der Waals surface area contributed by atoms with Crippen molar-refractivity contribution in [3.05, 3.63) is 52.1 Å². The Bertz CT molecular complexity index is 936. The maximum Gasteiger partial charge on any atom is 0.246 e. The molecule has 0 aliphatic carbocycles. The molecule has 144 valence electrons. The van der Waals surface area contributed by atoms with E-state index in [1.165, 1.54) is 5.57 Å². The van der Waals surface area contributed by atoms with Crippen LogP contribution in [0.3, 0.4) is 0 Å². The first-order chi connectivity index (χ1) is 13.7. The van der Waals surface area contributed by atoms with Gasteiger partial charge in [0.15, 0.2) is 5.82 Å². The lowest BCUT2D eigenvalue weighted by Crippen LogP contribution is -2.33. The summed E-state index contributed by atoms with van der Waals surface area (Å²) in [6.45, 7) is 1.91. The van der Waals surface area contributed by atoms with Crippen molar-refractivity contribution in [1.82, 2.24) is 14.9 Å². The number of anilines is 2. The SMILES string of the molecule is O=C1CCNc2cc(/C=C/C(=O)N3CC=C(Cc4nccs4)CC3)cnc2N1. The van der Waals surface area contributed by atoms with E-state index in [1.54, 1.807) is 29.7 Å². The van der Waals surface area contributed by atoms with Gasteiger partial charge >= 0.3 is 0 Å². The molecular formula is C20H21N5O2S. The number of nitrogens with zero attached hydrogens (tertiary/aromatic N) is 3. The average Bonchev–Trinajstić information content (AvgIpc) is 3.14. The van der Waals surface area contributed by atoms with Crippen molar-refractivity contribution in [3.8, 4) is 0 Å². The fourth-order valence-corrected chi connectivity index (χ4v) is 3.86. The van der Waals surface area contributed by atoms with Gasteiger partial charge in [0.25, 0.3) is 0 Å². The van der Waals surface area contributed by atoms with Gasteiger partial charge in [0, 0.05) is 56.3 Å². The molecule has 4 rings (SSSR count). The molecule has 0 saturated heterocycles. The van der Waals surface area contributed by atoms with Crippen LogP contribution in [0.15, 0.2) is 41.6 Å². The number of fused-ring (bicyclic) bond motifs is 1. The van der Waals surface area contributed by atoms with E-state index in [1.807, 2.05) is 22.5 Å². The Morgan fingerprint density at radius 1 is 1.32 bits per heavy atom.